The van der Waals surface area contributed by atoms with Crippen LogP contribution in [0.15, 0.2) is 12.1 Å². The van der Waals surface area contributed by atoms with Crippen LogP contribution in [0.2, 0.25) is 0 Å². The van der Waals surface area contributed by atoms with Crippen molar-refractivity contribution < 1.29 is 14.2 Å². The van der Waals surface area contributed by atoms with Gasteiger partial charge in [-0.25, -0.2) is 0 Å². The molecule has 1 aromatic carbocycles. The van der Waals surface area contributed by atoms with Crippen LogP contribution < -0.4 is 19.5 Å². The van der Waals surface area contributed by atoms with Crippen LogP contribution >= 0.6 is 11.3 Å². The second kappa shape index (κ2) is 7.12. The molecule has 1 heterocycles. The number of aromatic nitrogens is 2. The maximum atomic E-state index is 5.35. The van der Waals surface area contributed by atoms with E-state index in [-0.39, 0.29) is 0 Å². The highest BCUT2D eigenvalue weighted by Gasteiger charge is 2.16. The molecular formula is C14H19N3O3S. The van der Waals surface area contributed by atoms with Crippen molar-refractivity contribution in [3.63, 3.8) is 0 Å². The molecule has 0 saturated heterocycles. The van der Waals surface area contributed by atoms with Gasteiger partial charge in [-0.2, -0.15) is 0 Å². The smallest absolute Gasteiger partial charge is 0.206 e. The van der Waals surface area contributed by atoms with E-state index in [1.807, 2.05) is 12.1 Å². The van der Waals surface area contributed by atoms with Crippen LogP contribution in [-0.4, -0.2) is 38.1 Å². The van der Waals surface area contributed by atoms with Gasteiger partial charge in [0.15, 0.2) is 11.5 Å². The molecule has 0 aliphatic carbocycles. The molecule has 0 aliphatic rings. The number of nitrogens with one attached hydrogen (secondary N) is 1. The molecule has 0 aliphatic heterocycles. The fraction of sp³-hybridized carbons (Fsp3) is 0.429. The Morgan fingerprint density at radius 2 is 1.71 bits per heavy atom. The van der Waals surface area contributed by atoms with E-state index in [9.17, 15) is 0 Å². The van der Waals surface area contributed by atoms with Crippen LogP contribution in [0.25, 0.3) is 10.6 Å². The molecule has 0 spiro atoms. The highest BCUT2D eigenvalue weighted by atomic mass is 32.1. The van der Waals surface area contributed by atoms with Crippen LogP contribution in [0, 0.1) is 0 Å². The van der Waals surface area contributed by atoms with Crippen molar-refractivity contribution in [2.45, 2.75) is 13.3 Å². The fourth-order valence-electron chi connectivity index (χ4n) is 1.85. The summed E-state index contributed by atoms with van der Waals surface area (Å²) < 4.78 is 16.0. The molecule has 0 saturated carbocycles. The molecule has 2 rings (SSSR count). The Labute approximate surface area is 128 Å². The number of rotatable bonds is 7. The Bertz CT molecular complexity index is 576. The quantitative estimate of drug-likeness (QED) is 0.848. The number of nitrogens with zero attached hydrogens (tertiary/aromatic N) is 2. The number of benzene rings is 1. The zero-order valence-corrected chi connectivity index (χ0v) is 13.4. The summed E-state index contributed by atoms with van der Waals surface area (Å²) in [5.41, 5.74) is 0.881. The third-order valence-corrected chi connectivity index (χ3v) is 3.79. The van der Waals surface area contributed by atoms with Crippen molar-refractivity contribution in [1.82, 2.24) is 10.2 Å². The number of ether oxygens (including phenoxy) is 3. The van der Waals surface area contributed by atoms with Crippen LogP contribution in [0.5, 0.6) is 17.2 Å². The third-order valence-electron chi connectivity index (χ3n) is 2.86. The van der Waals surface area contributed by atoms with Gasteiger partial charge in [0, 0.05) is 12.1 Å². The summed E-state index contributed by atoms with van der Waals surface area (Å²) in [6.07, 6.45) is 1.04. The van der Waals surface area contributed by atoms with E-state index < -0.39 is 0 Å². The lowest BCUT2D eigenvalue weighted by atomic mass is 10.2. The van der Waals surface area contributed by atoms with E-state index in [0.717, 1.165) is 28.7 Å². The maximum Gasteiger partial charge on any atom is 0.206 e. The Kier molecular flexibility index (Phi) is 5.21. The second-order valence-corrected chi connectivity index (χ2v) is 5.23. The maximum absolute atomic E-state index is 5.35. The minimum absolute atomic E-state index is 0.567. The van der Waals surface area contributed by atoms with Crippen LogP contribution in [-0.2, 0) is 0 Å². The molecule has 0 unspecified atom stereocenters. The highest BCUT2D eigenvalue weighted by molar-refractivity contribution is 7.18. The van der Waals surface area contributed by atoms with Crippen LogP contribution in [0.4, 0.5) is 5.13 Å². The van der Waals surface area contributed by atoms with Crippen molar-refractivity contribution in [1.29, 1.82) is 0 Å². The molecule has 0 amide bonds. The molecule has 1 aromatic heterocycles. The topological polar surface area (TPSA) is 65.5 Å². The van der Waals surface area contributed by atoms with Gasteiger partial charge >= 0.3 is 0 Å². The first-order valence-electron chi connectivity index (χ1n) is 6.61. The predicted octanol–water partition coefficient (Wildman–Crippen LogP) is 3.05. The summed E-state index contributed by atoms with van der Waals surface area (Å²) in [4.78, 5) is 0. The van der Waals surface area contributed by atoms with Gasteiger partial charge in [-0.05, 0) is 18.6 Å². The summed E-state index contributed by atoms with van der Waals surface area (Å²) in [7, 11) is 4.77. The largest absolute Gasteiger partial charge is 0.493 e. The minimum atomic E-state index is 0.567. The summed E-state index contributed by atoms with van der Waals surface area (Å²) in [6, 6.07) is 3.73. The number of anilines is 1. The van der Waals surface area contributed by atoms with Crippen molar-refractivity contribution >= 4 is 16.5 Å². The van der Waals surface area contributed by atoms with Crippen molar-refractivity contribution in [2.75, 3.05) is 33.2 Å². The lowest BCUT2D eigenvalue weighted by Crippen LogP contribution is -1.98. The van der Waals surface area contributed by atoms with E-state index in [1.165, 1.54) is 11.3 Å². The van der Waals surface area contributed by atoms with Crippen molar-refractivity contribution in [3.05, 3.63) is 12.1 Å². The lowest BCUT2D eigenvalue weighted by Gasteiger charge is -2.13. The molecule has 0 fully saturated rings. The van der Waals surface area contributed by atoms with E-state index in [4.69, 9.17) is 14.2 Å². The van der Waals surface area contributed by atoms with Gasteiger partial charge in [0.1, 0.15) is 5.01 Å². The van der Waals surface area contributed by atoms with Gasteiger partial charge in [0.05, 0.1) is 21.3 Å². The molecule has 2 aromatic rings. The molecule has 0 bridgehead atoms. The van der Waals surface area contributed by atoms with Gasteiger partial charge in [0.25, 0.3) is 0 Å². The second-order valence-electron chi connectivity index (χ2n) is 4.25. The van der Waals surface area contributed by atoms with Crippen LogP contribution in [0.1, 0.15) is 13.3 Å². The average Bonchev–Trinajstić information content (AvgIpc) is 3.00. The molecule has 0 atom stereocenters. The van der Waals surface area contributed by atoms with E-state index in [0.29, 0.717) is 17.2 Å². The lowest BCUT2D eigenvalue weighted by molar-refractivity contribution is 0.324. The molecular weight excluding hydrogens is 290 g/mol. The molecule has 114 valence electrons. The Morgan fingerprint density at radius 1 is 1.05 bits per heavy atom. The van der Waals surface area contributed by atoms with Gasteiger partial charge in [-0.3, -0.25) is 0 Å². The van der Waals surface area contributed by atoms with Crippen molar-refractivity contribution in [2.24, 2.45) is 0 Å². The number of hydrogen-bond donors (Lipinski definition) is 1. The van der Waals surface area contributed by atoms with Gasteiger partial charge < -0.3 is 19.5 Å². The first-order chi connectivity index (χ1) is 10.2. The average molecular weight is 309 g/mol. The summed E-state index contributed by atoms with van der Waals surface area (Å²) in [5.74, 6) is 1.77. The van der Waals surface area contributed by atoms with Crippen molar-refractivity contribution in [3.8, 4) is 27.8 Å². The van der Waals surface area contributed by atoms with Gasteiger partial charge in [0.2, 0.25) is 10.9 Å². The molecule has 7 heteroatoms. The Hall–Kier alpha value is -2.02. The zero-order chi connectivity index (χ0) is 15.2. The fourth-order valence-corrected chi connectivity index (χ4v) is 2.60. The molecule has 0 radical (unpaired) electrons. The first kappa shape index (κ1) is 15.4. The Morgan fingerprint density at radius 3 is 2.24 bits per heavy atom. The zero-order valence-electron chi connectivity index (χ0n) is 12.6. The van der Waals surface area contributed by atoms with E-state index in [2.05, 4.69) is 22.4 Å². The molecule has 1 N–H and O–H groups in total. The first-order valence-corrected chi connectivity index (χ1v) is 7.42. The van der Waals surface area contributed by atoms with E-state index in [1.54, 1.807) is 21.3 Å². The van der Waals surface area contributed by atoms with Crippen LogP contribution in [0.3, 0.4) is 0 Å². The highest BCUT2D eigenvalue weighted by Crippen LogP contribution is 2.41. The normalized spacial score (nSPS) is 10.3. The number of methoxy groups -OCH3 is 3. The molecule has 6 nitrogen and oxygen atoms in total. The standard InChI is InChI=1S/C14H19N3O3S/c1-5-6-15-14-17-16-13(21-14)9-7-10(18-2)12(20-4)11(8-9)19-3/h7-8H,5-6H2,1-4H3,(H,15,17). The molecule has 21 heavy (non-hydrogen) atoms. The summed E-state index contributed by atoms with van der Waals surface area (Å²) in [5, 5.41) is 13.2. The van der Waals surface area contributed by atoms with Gasteiger partial charge in [-0.15, -0.1) is 10.2 Å². The van der Waals surface area contributed by atoms with E-state index >= 15 is 0 Å². The Balaban J connectivity index is 2.37. The van der Waals surface area contributed by atoms with Gasteiger partial charge in [-0.1, -0.05) is 18.3 Å². The summed E-state index contributed by atoms with van der Waals surface area (Å²) in [6.45, 7) is 2.98. The SMILES string of the molecule is CCCNc1nnc(-c2cc(OC)c(OC)c(OC)c2)s1. The predicted molar refractivity (Wildman–Crippen MR) is 83.8 cm³/mol. The summed E-state index contributed by atoms with van der Waals surface area (Å²) >= 11 is 1.49. The minimum Gasteiger partial charge on any atom is -0.493 e. The third kappa shape index (κ3) is 3.36. The number of hydrogen-bond acceptors (Lipinski definition) is 7. The monoisotopic (exact) mass is 309 g/mol.